The number of aromatic nitrogens is 1. The van der Waals surface area contributed by atoms with Crippen LogP contribution in [0, 0.1) is 5.92 Å². The highest BCUT2D eigenvalue weighted by Gasteiger charge is 2.10. The van der Waals surface area contributed by atoms with Crippen LogP contribution in [-0.4, -0.2) is 61.7 Å². The van der Waals surface area contributed by atoms with E-state index in [1.165, 1.54) is 0 Å². The Morgan fingerprint density at radius 2 is 2.09 bits per heavy atom. The van der Waals surface area contributed by atoms with E-state index in [-0.39, 0.29) is 5.91 Å². The molecule has 1 fully saturated rings. The lowest BCUT2D eigenvalue weighted by atomic mass is 10.1. The molecule has 0 saturated carbocycles. The number of anilines is 1. The van der Waals surface area contributed by atoms with Crippen molar-refractivity contribution in [1.82, 2.24) is 15.2 Å². The monoisotopic (exact) mass is 320 g/mol. The van der Waals surface area contributed by atoms with Gasteiger partial charge in [0, 0.05) is 45.1 Å². The van der Waals surface area contributed by atoms with E-state index in [1.807, 2.05) is 6.07 Å². The minimum atomic E-state index is -0.0602. The summed E-state index contributed by atoms with van der Waals surface area (Å²) in [5.41, 5.74) is 1.49. The molecule has 2 N–H and O–H groups in total. The summed E-state index contributed by atoms with van der Waals surface area (Å²) in [6.45, 7) is 10.4. The first-order valence-corrected chi connectivity index (χ1v) is 8.42. The van der Waals surface area contributed by atoms with Crippen LogP contribution in [0.2, 0.25) is 0 Å². The molecule has 6 heteroatoms. The molecule has 23 heavy (non-hydrogen) atoms. The van der Waals surface area contributed by atoms with Crippen LogP contribution in [0.15, 0.2) is 18.5 Å². The Hall–Kier alpha value is -1.66. The fourth-order valence-electron chi connectivity index (χ4n) is 2.42. The van der Waals surface area contributed by atoms with Gasteiger partial charge < -0.3 is 15.4 Å². The van der Waals surface area contributed by atoms with Crippen molar-refractivity contribution in [3.8, 4) is 0 Å². The van der Waals surface area contributed by atoms with E-state index in [2.05, 4.69) is 34.4 Å². The second-order valence-electron chi connectivity index (χ2n) is 6.28. The molecule has 0 bridgehead atoms. The number of nitrogens with zero attached hydrogens (tertiary/aromatic N) is 2. The molecular weight excluding hydrogens is 292 g/mol. The lowest BCUT2D eigenvalue weighted by Crippen LogP contribution is -2.39. The fourth-order valence-corrected chi connectivity index (χ4v) is 2.42. The highest BCUT2D eigenvalue weighted by molar-refractivity contribution is 5.94. The van der Waals surface area contributed by atoms with Crippen LogP contribution in [-0.2, 0) is 4.74 Å². The highest BCUT2D eigenvalue weighted by Crippen LogP contribution is 2.08. The first kappa shape index (κ1) is 17.7. The number of carbonyl (C=O) groups excluding carboxylic acids is 1. The van der Waals surface area contributed by atoms with Gasteiger partial charge in [0.05, 0.1) is 24.5 Å². The minimum Gasteiger partial charge on any atom is -0.382 e. The van der Waals surface area contributed by atoms with E-state index in [0.717, 1.165) is 51.5 Å². The Morgan fingerprint density at radius 1 is 1.30 bits per heavy atom. The molecule has 2 heterocycles. The predicted molar refractivity (Wildman–Crippen MR) is 91.8 cm³/mol. The van der Waals surface area contributed by atoms with E-state index in [4.69, 9.17) is 4.74 Å². The van der Waals surface area contributed by atoms with Crippen molar-refractivity contribution in [2.45, 2.75) is 20.3 Å². The molecular formula is C17H28N4O2. The predicted octanol–water partition coefficient (Wildman–Crippen LogP) is 1.60. The SMILES string of the molecule is CC(C)CCNC(=O)c1cncc(NCCN2CCOCC2)c1. The average molecular weight is 320 g/mol. The summed E-state index contributed by atoms with van der Waals surface area (Å²) in [5.74, 6) is 0.525. The van der Waals surface area contributed by atoms with E-state index in [1.54, 1.807) is 12.4 Å². The summed E-state index contributed by atoms with van der Waals surface area (Å²) in [6, 6.07) is 1.86. The Balaban J connectivity index is 1.75. The van der Waals surface area contributed by atoms with Gasteiger partial charge in [0.15, 0.2) is 0 Å². The van der Waals surface area contributed by atoms with E-state index >= 15 is 0 Å². The largest absolute Gasteiger partial charge is 0.382 e. The summed E-state index contributed by atoms with van der Waals surface area (Å²) in [4.78, 5) is 18.6. The van der Waals surface area contributed by atoms with Gasteiger partial charge >= 0.3 is 0 Å². The number of hydrogen-bond donors (Lipinski definition) is 2. The van der Waals surface area contributed by atoms with Gasteiger partial charge in [-0.1, -0.05) is 13.8 Å². The summed E-state index contributed by atoms with van der Waals surface area (Å²) in [5, 5.41) is 6.27. The molecule has 0 spiro atoms. The second-order valence-corrected chi connectivity index (χ2v) is 6.28. The van der Waals surface area contributed by atoms with Crippen LogP contribution in [0.25, 0.3) is 0 Å². The number of carbonyl (C=O) groups is 1. The van der Waals surface area contributed by atoms with Crippen molar-refractivity contribution in [1.29, 1.82) is 0 Å². The molecule has 0 radical (unpaired) electrons. The Labute approximate surface area is 138 Å². The zero-order valence-corrected chi connectivity index (χ0v) is 14.2. The second kappa shape index (κ2) is 9.47. The maximum absolute atomic E-state index is 12.1. The number of hydrogen-bond acceptors (Lipinski definition) is 5. The van der Waals surface area contributed by atoms with Gasteiger partial charge in [-0.15, -0.1) is 0 Å². The van der Waals surface area contributed by atoms with Crippen molar-refractivity contribution < 1.29 is 9.53 Å². The van der Waals surface area contributed by atoms with Crippen LogP contribution in [0.1, 0.15) is 30.6 Å². The fraction of sp³-hybridized carbons (Fsp3) is 0.647. The maximum atomic E-state index is 12.1. The maximum Gasteiger partial charge on any atom is 0.252 e. The molecule has 128 valence electrons. The Morgan fingerprint density at radius 3 is 2.83 bits per heavy atom. The van der Waals surface area contributed by atoms with E-state index in [0.29, 0.717) is 18.0 Å². The standard InChI is InChI=1S/C17H28N4O2/c1-14(2)3-4-20-17(22)15-11-16(13-18-12-15)19-5-6-21-7-9-23-10-8-21/h11-14,19H,3-10H2,1-2H3,(H,20,22). The quantitative estimate of drug-likeness (QED) is 0.762. The van der Waals surface area contributed by atoms with Crippen LogP contribution < -0.4 is 10.6 Å². The van der Waals surface area contributed by atoms with E-state index in [9.17, 15) is 4.79 Å². The summed E-state index contributed by atoms with van der Waals surface area (Å²) in [7, 11) is 0. The molecule has 0 aliphatic carbocycles. The molecule has 2 rings (SSSR count). The number of pyridine rings is 1. The third-order valence-electron chi connectivity index (χ3n) is 3.87. The van der Waals surface area contributed by atoms with Crippen molar-refractivity contribution >= 4 is 11.6 Å². The first-order valence-electron chi connectivity index (χ1n) is 8.42. The lowest BCUT2D eigenvalue weighted by molar-refractivity contribution is 0.0398. The number of rotatable bonds is 8. The zero-order chi connectivity index (χ0) is 16.5. The van der Waals surface area contributed by atoms with Crippen LogP contribution in [0.4, 0.5) is 5.69 Å². The number of ether oxygens (including phenoxy) is 1. The van der Waals surface area contributed by atoms with Gasteiger partial charge in [-0.25, -0.2) is 0 Å². The normalized spacial score (nSPS) is 15.6. The molecule has 1 amide bonds. The average Bonchev–Trinajstić information content (AvgIpc) is 2.56. The number of morpholine rings is 1. The van der Waals surface area contributed by atoms with Gasteiger partial charge in [0.25, 0.3) is 5.91 Å². The number of nitrogens with one attached hydrogen (secondary N) is 2. The molecule has 6 nitrogen and oxygen atoms in total. The topological polar surface area (TPSA) is 66.5 Å². The van der Waals surface area contributed by atoms with Gasteiger partial charge in [0.1, 0.15) is 0 Å². The van der Waals surface area contributed by atoms with Crippen molar-refractivity contribution in [2.75, 3.05) is 51.3 Å². The third-order valence-corrected chi connectivity index (χ3v) is 3.87. The summed E-state index contributed by atoms with van der Waals surface area (Å²) >= 11 is 0. The molecule has 1 aromatic rings. The molecule has 1 aliphatic heterocycles. The number of amides is 1. The van der Waals surface area contributed by atoms with Crippen LogP contribution >= 0.6 is 0 Å². The Kier molecular flexibility index (Phi) is 7.29. The molecule has 0 aromatic carbocycles. The summed E-state index contributed by atoms with van der Waals surface area (Å²) in [6.07, 6.45) is 4.35. The van der Waals surface area contributed by atoms with Gasteiger partial charge in [0.2, 0.25) is 0 Å². The summed E-state index contributed by atoms with van der Waals surface area (Å²) < 4.78 is 5.34. The van der Waals surface area contributed by atoms with Crippen molar-refractivity contribution in [3.05, 3.63) is 24.0 Å². The van der Waals surface area contributed by atoms with E-state index < -0.39 is 0 Å². The molecule has 0 atom stereocenters. The third kappa shape index (κ3) is 6.54. The van der Waals surface area contributed by atoms with Gasteiger partial charge in [-0.05, 0) is 18.4 Å². The van der Waals surface area contributed by atoms with Crippen LogP contribution in [0.5, 0.6) is 0 Å². The van der Waals surface area contributed by atoms with Gasteiger partial charge in [-0.3, -0.25) is 14.7 Å². The van der Waals surface area contributed by atoms with Crippen LogP contribution in [0.3, 0.4) is 0 Å². The zero-order valence-electron chi connectivity index (χ0n) is 14.2. The van der Waals surface area contributed by atoms with Crippen molar-refractivity contribution in [2.24, 2.45) is 5.92 Å². The minimum absolute atomic E-state index is 0.0602. The molecule has 1 saturated heterocycles. The highest BCUT2D eigenvalue weighted by atomic mass is 16.5. The first-order chi connectivity index (χ1) is 11.1. The van der Waals surface area contributed by atoms with Gasteiger partial charge in [-0.2, -0.15) is 0 Å². The lowest BCUT2D eigenvalue weighted by Gasteiger charge is -2.26. The molecule has 1 aromatic heterocycles. The smallest absolute Gasteiger partial charge is 0.252 e. The molecule has 0 unspecified atom stereocenters. The Bertz CT molecular complexity index is 487. The molecule has 1 aliphatic rings. The van der Waals surface area contributed by atoms with Crippen molar-refractivity contribution in [3.63, 3.8) is 0 Å².